The number of hydrogen-bond donors (Lipinski definition) is 5. The Morgan fingerprint density at radius 3 is 2.10 bits per heavy atom. The summed E-state index contributed by atoms with van der Waals surface area (Å²) in [4.78, 5) is 54.2. The van der Waals surface area contributed by atoms with Crippen LogP contribution in [-0.4, -0.2) is 66.3 Å². The van der Waals surface area contributed by atoms with Crippen molar-refractivity contribution in [1.29, 1.82) is 0 Å². The third-order valence-corrected chi connectivity index (χ3v) is 6.81. The minimum Gasteiger partial charge on any atom is -0.350 e. The zero-order valence-corrected chi connectivity index (χ0v) is 22.3. The molecule has 2 aromatic carbocycles. The molecule has 0 saturated carbocycles. The molecule has 3 rings (SSSR count). The van der Waals surface area contributed by atoms with Gasteiger partial charge < -0.3 is 32.3 Å². The first-order valence-electron chi connectivity index (χ1n) is 13.6. The van der Waals surface area contributed by atoms with Gasteiger partial charge in [0.1, 0.15) is 18.1 Å². The molecule has 1 aliphatic rings. The van der Waals surface area contributed by atoms with E-state index in [0.29, 0.717) is 70.3 Å². The van der Waals surface area contributed by atoms with Crippen molar-refractivity contribution in [3.05, 3.63) is 71.8 Å². The summed E-state index contributed by atoms with van der Waals surface area (Å²) in [7, 11) is 0. The fourth-order valence-corrected chi connectivity index (χ4v) is 4.68. The van der Waals surface area contributed by atoms with Crippen LogP contribution >= 0.6 is 0 Å². The minimum absolute atomic E-state index is 0.299. The number of amides is 4. The van der Waals surface area contributed by atoms with Gasteiger partial charge in [0, 0.05) is 18.7 Å². The summed E-state index contributed by atoms with van der Waals surface area (Å²) in [6.45, 7) is 1.49. The number of hydrogen-bond acceptors (Lipinski definition) is 6. The van der Waals surface area contributed by atoms with Crippen LogP contribution in [0, 0.1) is 0 Å². The van der Waals surface area contributed by atoms with Gasteiger partial charge in [-0.2, -0.15) is 0 Å². The van der Waals surface area contributed by atoms with Gasteiger partial charge >= 0.3 is 0 Å². The van der Waals surface area contributed by atoms with E-state index in [1.807, 2.05) is 36.4 Å². The second-order valence-electron chi connectivity index (χ2n) is 9.71. The topological polar surface area (TPSA) is 160 Å². The number of carbonyl (C=O) groups is 4. The van der Waals surface area contributed by atoms with Crippen molar-refractivity contribution in [3.8, 4) is 0 Å². The number of carbonyl (C=O) groups excluding carboxylic acids is 4. The molecule has 0 aliphatic carbocycles. The molecule has 0 spiro atoms. The summed E-state index contributed by atoms with van der Waals surface area (Å²) in [5.41, 5.74) is 12.7. The van der Waals surface area contributed by atoms with Crippen LogP contribution in [-0.2, 0) is 20.9 Å². The van der Waals surface area contributed by atoms with Crippen LogP contribution in [0.2, 0.25) is 0 Å². The smallest absolute Gasteiger partial charge is 0.251 e. The lowest BCUT2D eigenvalue weighted by atomic mass is 10.1. The van der Waals surface area contributed by atoms with Crippen LogP contribution in [0.25, 0.3) is 0 Å². The van der Waals surface area contributed by atoms with Crippen molar-refractivity contribution in [2.24, 2.45) is 11.5 Å². The lowest BCUT2D eigenvalue weighted by molar-refractivity contribution is -0.141. The molecule has 0 aromatic heterocycles. The number of nitrogens with one attached hydrogen (secondary N) is 3. The zero-order chi connectivity index (χ0) is 28.0. The maximum atomic E-state index is 13.6. The molecule has 1 saturated heterocycles. The highest BCUT2D eigenvalue weighted by Crippen LogP contribution is 2.20. The first-order valence-corrected chi connectivity index (χ1v) is 13.6. The molecule has 0 unspecified atom stereocenters. The molecule has 2 aromatic rings. The lowest BCUT2D eigenvalue weighted by Crippen LogP contribution is -2.56. The molecule has 10 heteroatoms. The second-order valence-corrected chi connectivity index (χ2v) is 9.71. The van der Waals surface area contributed by atoms with Crippen molar-refractivity contribution in [2.45, 2.75) is 63.2 Å². The van der Waals surface area contributed by atoms with Gasteiger partial charge in [-0.25, -0.2) is 0 Å². The van der Waals surface area contributed by atoms with Crippen LogP contribution in [0.15, 0.2) is 60.7 Å². The predicted octanol–water partition coefficient (Wildman–Crippen LogP) is 1.06. The van der Waals surface area contributed by atoms with E-state index in [1.165, 1.54) is 4.90 Å². The Bertz CT molecular complexity index is 1080. The van der Waals surface area contributed by atoms with Gasteiger partial charge in [0.05, 0.1) is 0 Å². The van der Waals surface area contributed by atoms with Gasteiger partial charge in [-0.15, -0.1) is 0 Å². The number of likely N-dealkylation sites (tertiary alicyclic amines) is 1. The first kappa shape index (κ1) is 29.8. The maximum absolute atomic E-state index is 13.6. The van der Waals surface area contributed by atoms with E-state index in [9.17, 15) is 19.2 Å². The third-order valence-electron chi connectivity index (χ3n) is 6.81. The first-order chi connectivity index (χ1) is 18.9. The Morgan fingerprint density at radius 1 is 0.846 bits per heavy atom. The fraction of sp³-hybridized carbons (Fsp3) is 0.448. The van der Waals surface area contributed by atoms with Crippen LogP contribution in [0.3, 0.4) is 0 Å². The van der Waals surface area contributed by atoms with Crippen molar-refractivity contribution < 1.29 is 19.2 Å². The van der Waals surface area contributed by atoms with E-state index in [0.717, 1.165) is 5.56 Å². The van der Waals surface area contributed by atoms with E-state index in [-0.39, 0.29) is 23.6 Å². The van der Waals surface area contributed by atoms with Crippen LogP contribution in [0.4, 0.5) is 0 Å². The van der Waals surface area contributed by atoms with Crippen molar-refractivity contribution in [3.63, 3.8) is 0 Å². The summed E-state index contributed by atoms with van der Waals surface area (Å²) in [5.74, 6) is -1.36. The van der Waals surface area contributed by atoms with E-state index in [1.54, 1.807) is 24.3 Å². The van der Waals surface area contributed by atoms with Gasteiger partial charge in [0.2, 0.25) is 17.7 Å². The van der Waals surface area contributed by atoms with Crippen molar-refractivity contribution in [2.75, 3.05) is 19.6 Å². The van der Waals surface area contributed by atoms with Crippen LogP contribution in [0.5, 0.6) is 0 Å². The molecule has 1 fully saturated rings. The largest absolute Gasteiger partial charge is 0.350 e. The number of benzene rings is 2. The summed E-state index contributed by atoms with van der Waals surface area (Å²) in [6.07, 6.45) is 2.97. The highest BCUT2D eigenvalue weighted by molar-refractivity contribution is 5.99. The van der Waals surface area contributed by atoms with E-state index in [2.05, 4.69) is 16.0 Å². The summed E-state index contributed by atoms with van der Waals surface area (Å²) < 4.78 is 0. The van der Waals surface area contributed by atoms with Gasteiger partial charge in [0.25, 0.3) is 5.91 Å². The normalized spacial score (nSPS) is 16.3. The molecule has 7 N–H and O–H groups in total. The number of rotatable bonds is 14. The third kappa shape index (κ3) is 8.90. The van der Waals surface area contributed by atoms with Gasteiger partial charge in [-0.1, -0.05) is 48.5 Å². The molecular weight excluding hydrogens is 496 g/mol. The summed E-state index contributed by atoms with van der Waals surface area (Å²) in [5, 5.41) is 8.57. The summed E-state index contributed by atoms with van der Waals surface area (Å²) >= 11 is 0. The molecule has 3 atom stereocenters. The zero-order valence-electron chi connectivity index (χ0n) is 22.3. The molecular formula is C29H40N6O4. The van der Waals surface area contributed by atoms with Crippen molar-refractivity contribution in [1.82, 2.24) is 20.9 Å². The highest BCUT2D eigenvalue weighted by Gasteiger charge is 2.38. The average Bonchev–Trinajstić information content (AvgIpc) is 3.47. The fourth-order valence-electron chi connectivity index (χ4n) is 4.68. The molecule has 210 valence electrons. The van der Waals surface area contributed by atoms with Crippen LogP contribution in [0.1, 0.15) is 54.4 Å². The lowest BCUT2D eigenvalue weighted by Gasteiger charge is -2.30. The molecule has 0 bridgehead atoms. The van der Waals surface area contributed by atoms with E-state index < -0.39 is 18.1 Å². The van der Waals surface area contributed by atoms with E-state index in [4.69, 9.17) is 11.5 Å². The minimum atomic E-state index is -0.808. The quantitative estimate of drug-likeness (QED) is 0.243. The number of nitrogens with two attached hydrogens (primary N) is 2. The van der Waals surface area contributed by atoms with E-state index >= 15 is 0 Å². The standard InChI is InChI=1S/C29H40N6O4/c30-17-7-14-23(27(37)32-20-21-10-3-1-4-11-21)33-28(38)25-16-9-19-35(25)29(39)24(15-8-18-31)34-26(36)22-12-5-2-6-13-22/h1-6,10-13,23-25H,7-9,14-20,30-31H2,(H,32,37)(H,33,38)(H,34,36)/t23-,24+,25-/m0/s1. The molecule has 1 aliphatic heterocycles. The van der Waals surface area contributed by atoms with Crippen LogP contribution < -0.4 is 27.4 Å². The van der Waals surface area contributed by atoms with Gasteiger partial charge in [0.15, 0.2) is 0 Å². The van der Waals surface area contributed by atoms with Crippen molar-refractivity contribution >= 4 is 23.6 Å². The molecule has 10 nitrogen and oxygen atoms in total. The number of nitrogens with zero attached hydrogens (tertiary/aromatic N) is 1. The Morgan fingerprint density at radius 2 is 1.46 bits per heavy atom. The van der Waals surface area contributed by atoms with Gasteiger partial charge in [-0.3, -0.25) is 19.2 Å². The predicted molar refractivity (Wildman–Crippen MR) is 149 cm³/mol. The average molecular weight is 537 g/mol. The highest BCUT2D eigenvalue weighted by atomic mass is 16.2. The molecule has 0 radical (unpaired) electrons. The Labute approximate surface area is 229 Å². The maximum Gasteiger partial charge on any atom is 0.251 e. The molecule has 39 heavy (non-hydrogen) atoms. The second kappa shape index (κ2) is 15.6. The molecule has 4 amide bonds. The SMILES string of the molecule is NCCC[C@H](NC(=O)[C@@H]1CCCN1C(=O)[C@@H](CCCN)NC(=O)c1ccccc1)C(=O)NCc1ccccc1. The summed E-state index contributed by atoms with van der Waals surface area (Å²) in [6, 6.07) is 15.9. The van der Waals surface area contributed by atoms with Gasteiger partial charge in [-0.05, 0) is 69.3 Å². The monoisotopic (exact) mass is 536 g/mol. The Hall–Kier alpha value is -3.76. The Kier molecular flexibility index (Phi) is 11.9. The Balaban J connectivity index is 1.66. The molecule has 1 heterocycles.